The lowest BCUT2D eigenvalue weighted by molar-refractivity contribution is -0.142. The lowest BCUT2D eigenvalue weighted by atomic mass is 9.62. The summed E-state index contributed by atoms with van der Waals surface area (Å²) in [7, 11) is 0. The summed E-state index contributed by atoms with van der Waals surface area (Å²) in [5.41, 5.74) is 0.191. The van der Waals surface area contributed by atoms with Crippen molar-refractivity contribution in [3.63, 3.8) is 0 Å². The standard InChI is InChI=1S/C11H17ClO2/c1-10(2)4-7(12)9-11(3,6-10)5-8(13)14-9/h7,9H,4-6H2,1-3H3/t7-,9+,11-/m1/s1. The van der Waals surface area contributed by atoms with Gasteiger partial charge in [0.1, 0.15) is 6.10 Å². The minimum Gasteiger partial charge on any atom is -0.460 e. The quantitative estimate of drug-likeness (QED) is 0.460. The van der Waals surface area contributed by atoms with Crippen LogP contribution in [0.25, 0.3) is 0 Å². The maximum Gasteiger partial charge on any atom is 0.306 e. The van der Waals surface area contributed by atoms with E-state index in [1.807, 2.05) is 0 Å². The van der Waals surface area contributed by atoms with Gasteiger partial charge in [0.2, 0.25) is 0 Å². The molecule has 2 fully saturated rings. The van der Waals surface area contributed by atoms with Gasteiger partial charge in [0.25, 0.3) is 0 Å². The lowest BCUT2D eigenvalue weighted by Gasteiger charge is -2.45. The molecule has 0 spiro atoms. The van der Waals surface area contributed by atoms with Crippen molar-refractivity contribution in [3.8, 4) is 0 Å². The zero-order chi connectivity index (χ0) is 10.6. The van der Waals surface area contributed by atoms with Crippen LogP contribution in [0.15, 0.2) is 0 Å². The Labute approximate surface area is 90.0 Å². The van der Waals surface area contributed by atoms with Gasteiger partial charge in [-0.3, -0.25) is 4.79 Å². The fourth-order valence-corrected chi connectivity index (χ4v) is 4.00. The molecule has 0 bridgehead atoms. The van der Waals surface area contributed by atoms with Gasteiger partial charge in [0.05, 0.1) is 11.8 Å². The SMILES string of the molecule is CC1(C)C[C@@H](Cl)[C@@H]2OC(=O)C[C@]2(C)C1. The Kier molecular flexibility index (Phi) is 2.11. The van der Waals surface area contributed by atoms with Gasteiger partial charge < -0.3 is 4.74 Å². The molecule has 1 saturated heterocycles. The van der Waals surface area contributed by atoms with E-state index in [9.17, 15) is 4.79 Å². The van der Waals surface area contributed by atoms with Crippen LogP contribution in [0.3, 0.4) is 0 Å². The Balaban J connectivity index is 2.27. The van der Waals surface area contributed by atoms with Crippen molar-refractivity contribution in [2.45, 2.75) is 51.5 Å². The van der Waals surface area contributed by atoms with E-state index >= 15 is 0 Å². The van der Waals surface area contributed by atoms with Crippen LogP contribution >= 0.6 is 11.6 Å². The minimum atomic E-state index is -0.0825. The summed E-state index contributed by atoms with van der Waals surface area (Å²) in [5, 5.41) is -0.0183. The molecule has 1 heterocycles. The molecule has 0 N–H and O–H groups in total. The van der Waals surface area contributed by atoms with E-state index < -0.39 is 0 Å². The summed E-state index contributed by atoms with van der Waals surface area (Å²) in [4.78, 5) is 11.3. The average molecular weight is 217 g/mol. The molecule has 0 aromatic carbocycles. The molecule has 0 radical (unpaired) electrons. The normalized spacial score (nSPS) is 45.9. The van der Waals surface area contributed by atoms with Crippen molar-refractivity contribution in [1.82, 2.24) is 0 Å². The van der Waals surface area contributed by atoms with Crippen molar-refractivity contribution in [3.05, 3.63) is 0 Å². The molecule has 0 unspecified atom stereocenters. The number of carbonyl (C=O) groups excluding carboxylic acids is 1. The van der Waals surface area contributed by atoms with Crippen LogP contribution in [0.2, 0.25) is 0 Å². The van der Waals surface area contributed by atoms with Gasteiger partial charge in [-0.15, -0.1) is 11.6 Å². The van der Waals surface area contributed by atoms with Crippen molar-refractivity contribution in [2.75, 3.05) is 0 Å². The molecule has 2 aliphatic rings. The number of esters is 1. The maximum absolute atomic E-state index is 11.3. The van der Waals surface area contributed by atoms with Crippen molar-refractivity contribution in [1.29, 1.82) is 0 Å². The molecular weight excluding hydrogens is 200 g/mol. The second kappa shape index (κ2) is 2.88. The number of rotatable bonds is 0. The van der Waals surface area contributed by atoms with Crippen LogP contribution in [-0.2, 0) is 9.53 Å². The molecule has 0 amide bonds. The van der Waals surface area contributed by atoms with Crippen LogP contribution in [0.5, 0.6) is 0 Å². The molecule has 0 aromatic heterocycles. The van der Waals surface area contributed by atoms with E-state index in [1.165, 1.54) is 0 Å². The number of fused-ring (bicyclic) bond motifs is 1. The zero-order valence-electron chi connectivity index (χ0n) is 8.97. The lowest BCUT2D eigenvalue weighted by Crippen LogP contribution is -2.45. The Bertz CT molecular complexity index is 274. The smallest absolute Gasteiger partial charge is 0.306 e. The molecule has 2 nitrogen and oxygen atoms in total. The third-order valence-corrected chi connectivity index (χ3v) is 3.84. The highest BCUT2D eigenvalue weighted by molar-refractivity contribution is 6.21. The largest absolute Gasteiger partial charge is 0.460 e. The summed E-state index contributed by atoms with van der Waals surface area (Å²) in [6.45, 7) is 6.55. The third kappa shape index (κ3) is 1.54. The minimum absolute atomic E-state index is 0.0183. The van der Waals surface area contributed by atoms with Crippen LogP contribution in [0, 0.1) is 10.8 Å². The van der Waals surface area contributed by atoms with Crippen LogP contribution in [-0.4, -0.2) is 17.5 Å². The molecule has 14 heavy (non-hydrogen) atoms. The predicted octanol–water partition coefficient (Wildman–Crippen LogP) is 2.74. The first-order valence-electron chi connectivity index (χ1n) is 5.16. The van der Waals surface area contributed by atoms with E-state index in [2.05, 4.69) is 20.8 Å². The number of hydrogen-bond donors (Lipinski definition) is 0. The average Bonchev–Trinajstić information content (AvgIpc) is 2.21. The number of halogens is 1. The Morgan fingerprint density at radius 3 is 2.71 bits per heavy atom. The van der Waals surface area contributed by atoms with Gasteiger partial charge in [-0.2, -0.15) is 0 Å². The van der Waals surface area contributed by atoms with Crippen LogP contribution in [0.4, 0.5) is 0 Å². The van der Waals surface area contributed by atoms with Crippen LogP contribution in [0.1, 0.15) is 40.0 Å². The molecular formula is C11H17ClO2. The monoisotopic (exact) mass is 216 g/mol. The van der Waals surface area contributed by atoms with Crippen molar-refractivity contribution >= 4 is 17.6 Å². The highest BCUT2D eigenvalue weighted by Crippen LogP contribution is 2.53. The molecule has 1 aliphatic carbocycles. The summed E-state index contributed by atoms with van der Waals surface area (Å²) in [5.74, 6) is -0.0825. The molecule has 3 atom stereocenters. The molecule has 3 heteroatoms. The fourth-order valence-electron chi connectivity index (χ4n) is 3.23. The Hall–Kier alpha value is -0.240. The van der Waals surface area contributed by atoms with Gasteiger partial charge in [-0.1, -0.05) is 20.8 Å². The second-order valence-corrected chi connectivity index (χ2v) is 6.36. The number of ether oxygens (including phenoxy) is 1. The van der Waals surface area contributed by atoms with Crippen molar-refractivity contribution < 1.29 is 9.53 Å². The Morgan fingerprint density at radius 1 is 1.43 bits per heavy atom. The first kappa shape index (κ1) is 10.3. The number of carbonyl (C=O) groups is 1. The predicted molar refractivity (Wildman–Crippen MR) is 55.3 cm³/mol. The fraction of sp³-hybridized carbons (Fsp3) is 0.909. The summed E-state index contributed by atoms with van der Waals surface area (Å²) in [6, 6.07) is 0. The zero-order valence-corrected chi connectivity index (χ0v) is 9.73. The Morgan fingerprint density at radius 2 is 2.07 bits per heavy atom. The van der Waals surface area contributed by atoms with Crippen molar-refractivity contribution in [2.24, 2.45) is 10.8 Å². The summed E-state index contributed by atoms with van der Waals surface area (Å²) >= 11 is 6.28. The second-order valence-electron chi connectivity index (χ2n) is 5.80. The molecule has 0 aromatic rings. The van der Waals surface area contributed by atoms with E-state index in [0.29, 0.717) is 6.42 Å². The molecule has 1 aliphatic heterocycles. The van der Waals surface area contributed by atoms with Gasteiger partial charge in [-0.25, -0.2) is 0 Å². The topological polar surface area (TPSA) is 26.3 Å². The first-order chi connectivity index (χ1) is 6.32. The van der Waals surface area contributed by atoms with E-state index in [1.54, 1.807) is 0 Å². The number of alkyl halides is 1. The van der Waals surface area contributed by atoms with E-state index in [0.717, 1.165) is 12.8 Å². The van der Waals surface area contributed by atoms with Crippen LogP contribution < -0.4 is 0 Å². The summed E-state index contributed by atoms with van der Waals surface area (Å²) < 4.78 is 5.30. The van der Waals surface area contributed by atoms with Gasteiger partial charge >= 0.3 is 5.97 Å². The van der Waals surface area contributed by atoms with E-state index in [-0.39, 0.29) is 28.3 Å². The number of hydrogen-bond acceptors (Lipinski definition) is 2. The highest BCUT2D eigenvalue weighted by atomic mass is 35.5. The first-order valence-corrected chi connectivity index (χ1v) is 5.60. The summed E-state index contributed by atoms with van der Waals surface area (Å²) in [6.07, 6.45) is 2.43. The third-order valence-electron chi connectivity index (χ3n) is 3.45. The van der Waals surface area contributed by atoms with Gasteiger partial charge in [0.15, 0.2) is 0 Å². The maximum atomic E-state index is 11.3. The van der Waals surface area contributed by atoms with Gasteiger partial charge in [0, 0.05) is 5.41 Å². The van der Waals surface area contributed by atoms with Gasteiger partial charge in [-0.05, 0) is 18.3 Å². The highest BCUT2D eigenvalue weighted by Gasteiger charge is 2.55. The van der Waals surface area contributed by atoms with E-state index in [4.69, 9.17) is 16.3 Å². The molecule has 2 rings (SSSR count). The molecule has 1 saturated carbocycles. The molecule has 80 valence electrons.